The molecule has 0 aromatic rings. The van der Waals surface area contributed by atoms with Crippen molar-refractivity contribution in [2.24, 2.45) is 28.1 Å². The van der Waals surface area contributed by atoms with Gasteiger partial charge in [-0.2, -0.15) is 0 Å². The maximum atomic E-state index is 11.9. The van der Waals surface area contributed by atoms with Crippen molar-refractivity contribution in [3.63, 3.8) is 0 Å². The van der Waals surface area contributed by atoms with Gasteiger partial charge in [-0.25, -0.2) is 0 Å². The van der Waals surface area contributed by atoms with Crippen LogP contribution in [0.4, 0.5) is 0 Å². The van der Waals surface area contributed by atoms with E-state index in [9.17, 15) is 9.59 Å². The maximum absolute atomic E-state index is 11.9. The molecule has 1 rings (SSSR count). The average molecular weight is 270 g/mol. The Kier molecular flexibility index (Phi) is 5.56. The van der Waals surface area contributed by atoms with Crippen molar-refractivity contribution in [3.05, 3.63) is 0 Å². The zero-order valence-corrected chi connectivity index (χ0v) is 11.2. The lowest BCUT2D eigenvalue weighted by atomic mass is 10.1. The molecular weight excluding hydrogens is 248 g/mol. The van der Waals surface area contributed by atoms with Crippen molar-refractivity contribution in [1.82, 2.24) is 9.80 Å². The van der Waals surface area contributed by atoms with Crippen LogP contribution in [0.25, 0.3) is 0 Å². The van der Waals surface area contributed by atoms with Crippen molar-refractivity contribution < 1.29 is 9.59 Å². The molecule has 0 radical (unpaired) electrons. The SMILES string of the molecule is CC(C(N)=O)C(=O)N1CCN(CCN=C(N)N)CC1. The minimum Gasteiger partial charge on any atom is -0.370 e. The molecule has 8 heteroatoms. The Balaban J connectivity index is 2.34. The van der Waals surface area contributed by atoms with E-state index in [0.717, 1.165) is 19.6 Å². The smallest absolute Gasteiger partial charge is 0.234 e. The monoisotopic (exact) mass is 270 g/mol. The Hall–Kier alpha value is -1.83. The predicted octanol–water partition coefficient (Wildman–Crippen LogP) is -2.47. The van der Waals surface area contributed by atoms with E-state index in [2.05, 4.69) is 9.89 Å². The average Bonchev–Trinajstić information content (AvgIpc) is 2.37. The van der Waals surface area contributed by atoms with Crippen molar-refractivity contribution in [3.8, 4) is 0 Å². The third-order valence-electron chi connectivity index (χ3n) is 3.19. The normalized spacial score (nSPS) is 17.8. The molecule has 1 saturated heterocycles. The molecule has 6 N–H and O–H groups in total. The molecule has 0 aromatic heterocycles. The van der Waals surface area contributed by atoms with E-state index < -0.39 is 11.8 Å². The van der Waals surface area contributed by atoms with E-state index in [-0.39, 0.29) is 11.9 Å². The molecule has 108 valence electrons. The molecule has 0 aromatic carbocycles. The first-order chi connectivity index (χ1) is 8.91. The van der Waals surface area contributed by atoms with Crippen LogP contribution in [-0.2, 0) is 9.59 Å². The van der Waals surface area contributed by atoms with Gasteiger partial charge < -0.3 is 22.1 Å². The minimum absolute atomic E-state index is 0.0871. The summed E-state index contributed by atoms with van der Waals surface area (Å²) in [6.45, 7) is 5.53. The number of primary amides is 1. The van der Waals surface area contributed by atoms with Crippen LogP contribution in [0.3, 0.4) is 0 Å². The van der Waals surface area contributed by atoms with Gasteiger partial charge in [0.2, 0.25) is 11.8 Å². The molecule has 0 spiro atoms. The number of carbonyl (C=O) groups is 2. The maximum Gasteiger partial charge on any atom is 0.234 e. The molecule has 19 heavy (non-hydrogen) atoms. The molecule has 0 aliphatic carbocycles. The largest absolute Gasteiger partial charge is 0.370 e. The van der Waals surface area contributed by atoms with E-state index in [0.29, 0.717) is 19.6 Å². The van der Waals surface area contributed by atoms with Gasteiger partial charge in [0.1, 0.15) is 5.92 Å². The number of nitrogens with zero attached hydrogens (tertiary/aromatic N) is 3. The van der Waals surface area contributed by atoms with Gasteiger partial charge in [-0.3, -0.25) is 19.5 Å². The van der Waals surface area contributed by atoms with Crippen molar-refractivity contribution in [2.75, 3.05) is 39.3 Å². The van der Waals surface area contributed by atoms with Crippen LogP contribution < -0.4 is 17.2 Å². The molecular formula is C11H22N6O2. The zero-order chi connectivity index (χ0) is 14.4. The van der Waals surface area contributed by atoms with Crippen LogP contribution in [-0.4, -0.2) is 66.8 Å². The molecule has 8 nitrogen and oxygen atoms in total. The fourth-order valence-corrected chi connectivity index (χ4v) is 1.91. The van der Waals surface area contributed by atoms with Gasteiger partial charge in [-0.05, 0) is 6.92 Å². The Morgan fingerprint density at radius 1 is 1.16 bits per heavy atom. The van der Waals surface area contributed by atoms with E-state index >= 15 is 0 Å². The van der Waals surface area contributed by atoms with Gasteiger partial charge >= 0.3 is 0 Å². The molecule has 1 atom stereocenters. The van der Waals surface area contributed by atoms with Crippen LogP contribution in [0.5, 0.6) is 0 Å². The highest BCUT2D eigenvalue weighted by atomic mass is 16.2. The second kappa shape index (κ2) is 6.93. The second-order valence-electron chi connectivity index (χ2n) is 4.60. The topological polar surface area (TPSA) is 131 Å². The lowest BCUT2D eigenvalue weighted by molar-refractivity contribution is -0.141. The van der Waals surface area contributed by atoms with E-state index in [1.165, 1.54) is 6.92 Å². The van der Waals surface area contributed by atoms with Crippen LogP contribution in [0.15, 0.2) is 4.99 Å². The minimum atomic E-state index is -0.756. The summed E-state index contributed by atoms with van der Waals surface area (Å²) in [5.41, 5.74) is 15.6. The first-order valence-corrected chi connectivity index (χ1v) is 6.27. The van der Waals surface area contributed by atoms with Crippen molar-refractivity contribution in [1.29, 1.82) is 0 Å². The Morgan fingerprint density at radius 3 is 2.21 bits per heavy atom. The van der Waals surface area contributed by atoms with E-state index in [4.69, 9.17) is 17.2 Å². The number of carbonyl (C=O) groups excluding carboxylic acids is 2. The molecule has 1 fully saturated rings. The van der Waals surface area contributed by atoms with Gasteiger partial charge in [0.25, 0.3) is 0 Å². The quantitative estimate of drug-likeness (QED) is 0.289. The fraction of sp³-hybridized carbons (Fsp3) is 0.727. The third kappa shape index (κ3) is 4.74. The molecule has 1 aliphatic heterocycles. The number of hydrogen-bond donors (Lipinski definition) is 3. The molecule has 1 heterocycles. The summed E-state index contributed by atoms with van der Waals surface area (Å²) in [4.78, 5) is 30.6. The van der Waals surface area contributed by atoms with E-state index in [1.54, 1.807) is 4.90 Å². The number of nitrogens with two attached hydrogens (primary N) is 3. The number of piperazine rings is 1. The Morgan fingerprint density at radius 2 is 1.74 bits per heavy atom. The van der Waals surface area contributed by atoms with Crippen LogP contribution in [0.2, 0.25) is 0 Å². The highest BCUT2D eigenvalue weighted by Gasteiger charge is 2.27. The molecule has 2 amide bonds. The summed E-state index contributed by atoms with van der Waals surface area (Å²) in [6.07, 6.45) is 0. The lowest BCUT2D eigenvalue weighted by Gasteiger charge is -2.35. The summed E-state index contributed by atoms with van der Waals surface area (Å²) in [5.74, 6) is -1.45. The fourth-order valence-electron chi connectivity index (χ4n) is 1.91. The number of hydrogen-bond acceptors (Lipinski definition) is 4. The summed E-state index contributed by atoms with van der Waals surface area (Å²) in [7, 11) is 0. The first kappa shape index (κ1) is 15.2. The number of aliphatic imine (C=N–C) groups is 1. The van der Waals surface area contributed by atoms with Crippen molar-refractivity contribution >= 4 is 17.8 Å². The number of guanidine groups is 1. The number of amides is 2. The van der Waals surface area contributed by atoms with Gasteiger partial charge in [-0.1, -0.05) is 0 Å². The highest BCUT2D eigenvalue weighted by Crippen LogP contribution is 2.07. The summed E-state index contributed by atoms with van der Waals surface area (Å²) in [6, 6.07) is 0. The lowest BCUT2D eigenvalue weighted by Crippen LogP contribution is -2.51. The highest BCUT2D eigenvalue weighted by molar-refractivity contribution is 5.99. The molecule has 1 aliphatic rings. The van der Waals surface area contributed by atoms with Crippen LogP contribution >= 0.6 is 0 Å². The molecule has 0 bridgehead atoms. The summed E-state index contributed by atoms with van der Waals surface area (Å²) >= 11 is 0. The van der Waals surface area contributed by atoms with Crippen LogP contribution in [0, 0.1) is 5.92 Å². The van der Waals surface area contributed by atoms with Crippen LogP contribution in [0.1, 0.15) is 6.92 Å². The Bertz CT molecular complexity index is 358. The standard InChI is InChI=1S/C11H22N6O2/c1-8(9(12)18)10(19)17-6-4-16(5-7-17)3-2-15-11(13)14/h8H,2-7H2,1H3,(H2,12,18)(H4,13,14,15). The molecule has 1 unspecified atom stereocenters. The Labute approximate surface area is 112 Å². The first-order valence-electron chi connectivity index (χ1n) is 6.27. The second-order valence-corrected chi connectivity index (χ2v) is 4.60. The van der Waals surface area contributed by atoms with Gasteiger partial charge in [-0.15, -0.1) is 0 Å². The van der Waals surface area contributed by atoms with Gasteiger partial charge in [0.05, 0.1) is 6.54 Å². The molecule has 0 saturated carbocycles. The predicted molar refractivity (Wildman–Crippen MR) is 72.1 cm³/mol. The van der Waals surface area contributed by atoms with E-state index in [1.807, 2.05) is 0 Å². The summed E-state index contributed by atoms with van der Waals surface area (Å²) in [5, 5.41) is 0. The summed E-state index contributed by atoms with van der Waals surface area (Å²) < 4.78 is 0. The van der Waals surface area contributed by atoms with Gasteiger partial charge in [0, 0.05) is 32.7 Å². The third-order valence-corrected chi connectivity index (χ3v) is 3.19. The number of rotatable bonds is 5. The van der Waals surface area contributed by atoms with Crippen molar-refractivity contribution in [2.45, 2.75) is 6.92 Å². The zero-order valence-electron chi connectivity index (χ0n) is 11.2. The van der Waals surface area contributed by atoms with Gasteiger partial charge in [0.15, 0.2) is 5.96 Å².